The lowest BCUT2D eigenvalue weighted by atomic mass is 10.1. The Hall–Kier alpha value is -0.600. The van der Waals surface area contributed by atoms with Crippen molar-refractivity contribution in [2.75, 3.05) is 13.1 Å². The molecule has 1 nitrogen and oxygen atoms in total. The molecule has 0 heterocycles. The third-order valence-electron chi connectivity index (χ3n) is 3.82. The third-order valence-corrected chi connectivity index (χ3v) is 4.31. The number of rotatable bonds is 11. The Labute approximate surface area is 160 Å². The van der Waals surface area contributed by atoms with Crippen LogP contribution in [0.2, 0.25) is 0 Å². The molecule has 0 atom stereocenters. The van der Waals surface area contributed by atoms with E-state index in [0.29, 0.717) is 0 Å². The van der Waals surface area contributed by atoms with Crippen molar-refractivity contribution in [1.29, 1.82) is 0 Å². The van der Waals surface area contributed by atoms with Crippen molar-refractivity contribution in [3.8, 4) is 0 Å². The zero-order valence-electron chi connectivity index (χ0n) is 16.6. The van der Waals surface area contributed by atoms with Crippen molar-refractivity contribution >= 4 is 15.9 Å². The van der Waals surface area contributed by atoms with Crippen molar-refractivity contribution in [2.24, 2.45) is 0 Å². The molecule has 0 amide bonds. The Kier molecular flexibility index (Phi) is 21.8. The highest BCUT2D eigenvalue weighted by Crippen LogP contribution is 2.14. The van der Waals surface area contributed by atoms with Crippen molar-refractivity contribution < 1.29 is 0 Å². The van der Waals surface area contributed by atoms with Crippen LogP contribution in [0, 0.1) is 0 Å². The van der Waals surface area contributed by atoms with Crippen LogP contribution in [-0.4, -0.2) is 18.0 Å². The fraction of sp³-hybridized carbons (Fsp3) is 0.636. The van der Waals surface area contributed by atoms with E-state index in [0.717, 1.165) is 13.1 Å². The lowest BCUT2D eigenvalue weighted by Gasteiger charge is -2.20. The van der Waals surface area contributed by atoms with Gasteiger partial charge in [-0.1, -0.05) is 94.3 Å². The Morgan fingerprint density at radius 3 is 2.04 bits per heavy atom. The molecule has 1 rings (SSSR count). The molecule has 0 N–H and O–H groups in total. The first-order valence-electron chi connectivity index (χ1n) is 9.73. The summed E-state index contributed by atoms with van der Waals surface area (Å²) in [6, 6.07) is 8.67. The van der Waals surface area contributed by atoms with E-state index in [4.69, 9.17) is 0 Å². The first kappa shape index (κ1) is 25.6. The summed E-state index contributed by atoms with van der Waals surface area (Å²) in [6.07, 6.45) is 9.74. The van der Waals surface area contributed by atoms with E-state index in [9.17, 15) is 0 Å². The maximum absolute atomic E-state index is 3.55. The summed E-state index contributed by atoms with van der Waals surface area (Å²) in [7, 11) is 0. The molecule has 0 aromatic heterocycles. The van der Waals surface area contributed by atoms with E-state index in [1.165, 1.54) is 61.5 Å². The fourth-order valence-corrected chi connectivity index (χ4v) is 2.98. The lowest BCUT2D eigenvalue weighted by Crippen LogP contribution is -2.24. The van der Waals surface area contributed by atoms with Gasteiger partial charge in [-0.05, 0) is 37.2 Å². The summed E-state index contributed by atoms with van der Waals surface area (Å²) in [4.78, 5) is 2.55. The first-order valence-corrected chi connectivity index (χ1v) is 10.5. The van der Waals surface area contributed by atoms with E-state index >= 15 is 0 Å². The standard InChI is InChI=1S/C18H30BrN.C2H6.C2H4/c1-3-5-6-7-8-9-10-14-20(4-2)16-17-12-11-13-18(19)15-17;2*1-2/h11-13,15H,3-10,14,16H2,1-2H3;1-2H3;1-2H2. The van der Waals surface area contributed by atoms with E-state index in [-0.39, 0.29) is 0 Å². The van der Waals surface area contributed by atoms with Crippen LogP contribution in [0.4, 0.5) is 0 Å². The number of halogens is 1. The van der Waals surface area contributed by atoms with E-state index in [1.54, 1.807) is 0 Å². The molecule has 0 spiro atoms. The summed E-state index contributed by atoms with van der Waals surface area (Å²) in [6.45, 7) is 18.0. The Morgan fingerprint density at radius 2 is 1.50 bits per heavy atom. The highest BCUT2D eigenvalue weighted by atomic mass is 79.9. The van der Waals surface area contributed by atoms with Crippen molar-refractivity contribution in [1.82, 2.24) is 4.90 Å². The predicted molar refractivity (Wildman–Crippen MR) is 116 cm³/mol. The molecule has 1 aromatic carbocycles. The van der Waals surface area contributed by atoms with Crippen LogP contribution in [0.25, 0.3) is 0 Å². The molecule has 24 heavy (non-hydrogen) atoms. The van der Waals surface area contributed by atoms with Crippen LogP contribution in [0.3, 0.4) is 0 Å². The Morgan fingerprint density at radius 1 is 0.917 bits per heavy atom. The second-order valence-electron chi connectivity index (χ2n) is 5.62. The summed E-state index contributed by atoms with van der Waals surface area (Å²) in [5.41, 5.74) is 1.41. The number of nitrogens with zero attached hydrogens (tertiary/aromatic N) is 1. The van der Waals surface area contributed by atoms with Gasteiger partial charge in [-0.3, -0.25) is 4.90 Å². The number of hydrogen-bond acceptors (Lipinski definition) is 1. The van der Waals surface area contributed by atoms with Gasteiger partial charge < -0.3 is 0 Å². The molecule has 1 aromatic rings. The van der Waals surface area contributed by atoms with Crippen LogP contribution in [-0.2, 0) is 6.54 Å². The predicted octanol–water partition coefficient (Wildman–Crippen LogP) is 7.85. The minimum Gasteiger partial charge on any atom is -0.299 e. The SMILES string of the molecule is C=C.CC.CCCCCCCCCN(CC)Cc1cccc(Br)c1. The monoisotopic (exact) mass is 397 g/mol. The number of hydrogen-bond donors (Lipinski definition) is 0. The third kappa shape index (κ3) is 15.0. The summed E-state index contributed by atoms with van der Waals surface area (Å²) >= 11 is 3.55. The first-order chi connectivity index (χ1) is 11.8. The highest BCUT2D eigenvalue weighted by molar-refractivity contribution is 9.10. The van der Waals surface area contributed by atoms with Crippen LogP contribution < -0.4 is 0 Å². The second-order valence-corrected chi connectivity index (χ2v) is 6.54. The minimum atomic E-state index is 1.08. The molecule has 2 heteroatoms. The normalized spacial score (nSPS) is 9.75. The smallest absolute Gasteiger partial charge is 0.0234 e. The molecule has 0 aliphatic carbocycles. The van der Waals surface area contributed by atoms with E-state index in [1.807, 2.05) is 13.8 Å². The maximum Gasteiger partial charge on any atom is 0.0234 e. The number of benzene rings is 1. The molecular formula is C22H40BrN. The average Bonchev–Trinajstić information content (AvgIpc) is 2.63. The van der Waals surface area contributed by atoms with Crippen molar-refractivity contribution in [3.63, 3.8) is 0 Å². The van der Waals surface area contributed by atoms with Gasteiger partial charge >= 0.3 is 0 Å². The molecule has 0 aliphatic rings. The second kappa shape index (κ2) is 20.4. The summed E-state index contributed by atoms with van der Waals surface area (Å²) in [5.74, 6) is 0. The van der Waals surface area contributed by atoms with E-state index < -0.39 is 0 Å². The molecule has 0 bridgehead atoms. The van der Waals surface area contributed by atoms with Gasteiger partial charge in [-0.25, -0.2) is 0 Å². The minimum absolute atomic E-state index is 1.08. The number of unbranched alkanes of at least 4 members (excludes halogenated alkanes) is 6. The van der Waals surface area contributed by atoms with E-state index in [2.05, 4.69) is 72.1 Å². The zero-order chi connectivity index (χ0) is 18.6. The summed E-state index contributed by atoms with van der Waals surface area (Å²) < 4.78 is 1.18. The van der Waals surface area contributed by atoms with Crippen molar-refractivity contribution in [2.45, 2.75) is 79.2 Å². The van der Waals surface area contributed by atoms with Crippen LogP contribution in [0.5, 0.6) is 0 Å². The lowest BCUT2D eigenvalue weighted by molar-refractivity contribution is 0.272. The maximum atomic E-state index is 3.55. The molecular weight excluding hydrogens is 358 g/mol. The van der Waals surface area contributed by atoms with Gasteiger partial charge in [0.05, 0.1) is 0 Å². The topological polar surface area (TPSA) is 3.24 Å². The Bertz CT molecular complexity index is 365. The van der Waals surface area contributed by atoms with Gasteiger partial charge in [0.1, 0.15) is 0 Å². The van der Waals surface area contributed by atoms with Gasteiger partial charge in [-0.15, -0.1) is 13.2 Å². The summed E-state index contributed by atoms with van der Waals surface area (Å²) in [5, 5.41) is 0. The van der Waals surface area contributed by atoms with Gasteiger partial charge in [-0.2, -0.15) is 0 Å². The van der Waals surface area contributed by atoms with Gasteiger partial charge in [0.15, 0.2) is 0 Å². The van der Waals surface area contributed by atoms with Gasteiger partial charge in [0, 0.05) is 11.0 Å². The molecule has 140 valence electrons. The molecule has 0 unspecified atom stereocenters. The average molecular weight is 398 g/mol. The van der Waals surface area contributed by atoms with Crippen LogP contribution >= 0.6 is 15.9 Å². The molecule has 0 radical (unpaired) electrons. The van der Waals surface area contributed by atoms with Crippen LogP contribution in [0.1, 0.15) is 78.2 Å². The Balaban J connectivity index is 0. The highest BCUT2D eigenvalue weighted by Gasteiger charge is 2.03. The molecule has 0 aliphatic heterocycles. The molecule has 0 saturated carbocycles. The van der Waals surface area contributed by atoms with Crippen molar-refractivity contribution in [3.05, 3.63) is 47.5 Å². The molecule has 0 saturated heterocycles. The largest absolute Gasteiger partial charge is 0.299 e. The van der Waals surface area contributed by atoms with Gasteiger partial charge in [0.25, 0.3) is 0 Å². The van der Waals surface area contributed by atoms with Gasteiger partial charge in [0.2, 0.25) is 0 Å². The fourth-order valence-electron chi connectivity index (χ4n) is 2.54. The quantitative estimate of drug-likeness (QED) is 0.271. The zero-order valence-corrected chi connectivity index (χ0v) is 18.2. The van der Waals surface area contributed by atoms with Crippen LogP contribution in [0.15, 0.2) is 41.9 Å². The molecule has 0 fully saturated rings.